The van der Waals surface area contributed by atoms with Gasteiger partial charge >= 0.3 is 0 Å². The molecule has 0 aliphatic carbocycles. The summed E-state index contributed by atoms with van der Waals surface area (Å²) >= 11 is 1.48. The number of nitrogens with zero attached hydrogens (tertiary/aromatic N) is 1. The minimum Gasteiger partial charge on any atom is -0.497 e. The largest absolute Gasteiger partial charge is 0.497 e. The molecule has 0 unspecified atom stereocenters. The lowest BCUT2D eigenvalue weighted by atomic mass is 10.2. The van der Waals surface area contributed by atoms with Crippen LogP contribution in [-0.2, 0) is 16.0 Å². The molecule has 1 heterocycles. The average Bonchev–Trinajstić information content (AvgIpc) is 3.01. The standard InChI is InChI=1S/C17H21N3O3S/c1-11(2)19-16(22)9-18-15(21)8-13-10-24-17(20-13)12-4-6-14(23-3)7-5-12/h4-7,10-11H,8-9H2,1-3H3,(H,18,21)(H,19,22). The first-order chi connectivity index (χ1) is 11.5. The molecule has 0 saturated carbocycles. The van der Waals surface area contributed by atoms with Crippen LogP contribution in [0.1, 0.15) is 19.5 Å². The van der Waals surface area contributed by atoms with Gasteiger partial charge in [-0.3, -0.25) is 9.59 Å². The Morgan fingerprint density at radius 3 is 2.54 bits per heavy atom. The second-order valence-electron chi connectivity index (χ2n) is 5.55. The van der Waals surface area contributed by atoms with E-state index in [0.29, 0.717) is 5.69 Å². The zero-order chi connectivity index (χ0) is 17.5. The first kappa shape index (κ1) is 17.9. The highest BCUT2D eigenvalue weighted by atomic mass is 32.1. The molecular formula is C17H21N3O3S. The third-order valence-corrected chi connectivity index (χ3v) is 4.07. The van der Waals surface area contributed by atoms with Gasteiger partial charge in [-0.2, -0.15) is 0 Å². The van der Waals surface area contributed by atoms with Gasteiger partial charge in [0.25, 0.3) is 0 Å². The monoisotopic (exact) mass is 347 g/mol. The van der Waals surface area contributed by atoms with E-state index in [0.717, 1.165) is 16.3 Å². The molecule has 0 saturated heterocycles. The third-order valence-electron chi connectivity index (χ3n) is 3.13. The fourth-order valence-corrected chi connectivity index (χ4v) is 2.86. The lowest BCUT2D eigenvalue weighted by molar-refractivity contribution is -0.126. The Morgan fingerprint density at radius 1 is 1.21 bits per heavy atom. The molecule has 0 atom stereocenters. The van der Waals surface area contributed by atoms with Gasteiger partial charge in [-0.1, -0.05) is 0 Å². The number of thiazole rings is 1. The van der Waals surface area contributed by atoms with E-state index in [1.54, 1.807) is 7.11 Å². The fraction of sp³-hybridized carbons (Fsp3) is 0.353. The Balaban J connectivity index is 1.88. The molecule has 6 nitrogen and oxygen atoms in total. The Labute approximate surface area is 145 Å². The summed E-state index contributed by atoms with van der Waals surface area (Å²) < 4.78 is 5.13. The molecule has 7 heteroatoms. The summed E-state index contributed by atoms with van der Waals surface area (Å²) in [5.41, 5.74) is 1.66. The number of carbonyl (C=O) groups is 2. The summed E-state index contributed by atoms with van der Waals surface area (Å²) in [6, 6.07) is 7.66. The topological polar surface area (TPSA) is 80.3 Å². The molecule has 24 heavy (non-hydrogen) atoms. The minimum atomic E-state index is -0.222. The van der Waals surface area contributed by atoms with Gasteiger partial charge in [0.05, 0.1) is 25.8 Å². The van der Waals surface area contributed by atoms with Crippen LogP contribution in [0.4, 0.5) is 0 Å². The first-order valence-electron chi connectivity index (χ1n) is 7.63. The van der Waals surface area contributed by atoms with Crippen molar-refractivity contribution in [2.75, 3.05) is 13.7 Å². The number of hydrogen-bond donors (Lipinski definition) is 2. The van der Waals surface area contributed by atoms with Crippen molar-refractivity contribution in [1.82, 2.24) is 15.6 Å². The van der Waals surface area contributed by atoms with Crippen molar-refractivity contribution in [3.63, 3.8) is 0 Å². The van der Waals surface area contributed by atoms with E-state index in [2.05, 4.69) is 15.6 Å². The van der Waals surface area contributed by atoms with Crippen molar-refractivity contribution in [1.29, 1.82) is 0 Å². The molecule has 0 aliphatic rings. The summed E-state index contributed by atoms with van der Waals surface area (Å²) in [7, 11) is 1.62. The molecule has 0 fully saturated rings. The number of amides is 2. The van der Waals surface area contributed by atoms with E-state index in [-0.39, 0.29) is 30.8 Å². The molecule has 2 aromatic rings. The summed E-state index contributed by atoms with van der Waals surface area (Å²) in [5, 5.41) is 8.02. The summed E-state index contributed by atoms with van der Waals surface area (Å²) in [6.07, 6.45) is 0.154. The van der Waals surface area contributed by atoms with Gasteiger partial charge in [0.1, 0.15) is 10.8 Å². The van der Waals surface area contributed by atoms with E-state index >= 15 is 0 Å². The van der Waals surface area contributed by atoms with Crippen LogP contribution in [0.15, 0.2) is 29.6 Å². The number of rotatable bonds is 7. The van der Waals surface area contributed by atoms with Crippen molar-refractivity contribution in [2.45, 2.75) is 26.3 Å². The number of ether oxygens (including phenoxy) is 1. The van der Waals surface area contributed by atoms with Crippen molar-refractivity contribution in [3.05, 3.63) is 35.3 Å². The highest BCUT2D eigenvalue weighted by molar-refractivity contribution is 7.13. The van der Waals surface area contributed by atoms with Gasteiger partial charge in [0, 0.05) is 17.0 Å². The summed E-state index contributed by atoms with van der Waals surface area (Å²) in [5.74, 6) is 0.366. The highest BCUT2D eigenvalue weighted by Gasteiger charge is 2.11. The van der Waals surface area contributed by atoms with Crippen LogP contribution in [0.3, 0.4) is 0 Å². The molecule has 2 amide bonds. The van der Waals surface area contributed by atoms with E-state index in [1.807, 2.05) is 43.5 Å². The Morgan fingerprint density at radius 2 is 1.92 bits per heavy atom. The Hall–Kier alpha value is -2.41. The van der Waals surface area contributed by atoms with Gasteiger partial charge in [-0.15, -0.1) is 11.3 Å². The molecule has 1 aromatic carbocycles. The Kier molecular flexibility index (Phi) is 6.31. The smallest absolute Gasteiger partial charge is 0.239 e. The second-order valence-corrected chi connectivity index (χ2v) is 6.41. The number of methoxy groups -OCH3 is 1. The lowest BCUT2D eigenvalue weighted by Crippen LogP contribution is -2.40. The van der Waals surface area contributed by atoms with Crippen LogP contribution in [0.25, 0.3) is 10.6 Å². The van der Waals surface area contributed by atoms with Gasteiger partial charge < -0.3 is 15.4 Å². The average molecular weight is 347 g/mol. The number of nitrogens with one attached hydrogen (secondary N) is 2. The normalized spacial score (nSPS) is 10.5. The number of hydrogen-bond acceptors (Lipinski definition) is 5. The number of carbonyl (C=O) groups excluding carboxylic acids is 2. The quantitative estimate of drug-likeness (QED) is 0.803. The van der Waals surface area contributed by atoms with Gasteiger partial charge in [0.2, 0.25) is 11.8 Å². The van der Waals surface area contributed by atoms with Crippen molar-refractivity contribution >= 4 is 23.2 Å². The predicted octanol–water partition coefficient (Wildman–Crippen LogP) is 2.00. The Bertz CT molecular complexity index is 695. The van der Waals surface area contributed by atoms with Gasteiger partial charge in [0.15, 0.2) is 0 Å². The molecule has 0 radical (unpaired) electrons. The molecule has 1 aromatic heterocycles. The van der Waals surface area contributed by atoms with Gasteiger partial charge in [-0.25, -0.2) is 4.98 Å². The zero-order valence-electron chi connectivity index (χ0n) is 14.0. The van der Waals surface area contributed by atoms with Crippen LogP contribution in [0.5, 0.6) is 5.75 Å². The first-order valence-corrected chi connectivity index (χ1v) is 8.50. The molecule has 128 valence electrons. The third kappa shape index (κ3) is 5.34. The van der Waals surface area contributed by atoms with Gasteiger partial charge in [-0.05, 0) is 38.1 Å². The van der Waals surface area contributed by atoms with Crippen molar-refractivity contribution in [3.8, 4) is 16.3 Å². The maximum absolute atomic E-state index is 11.9. The second kappa shape index (κ2) is 8.44. The van der Waals surface area contributed by atoms with Crippen LogP contribution < -0.4 is 15.4 Å². The molecule has 0 aliphatic heterocycles. The van der Waals surface area contributed by atoms with Crippen molar-refractivity contribution < 1.29 is 14.3 Å². The minimum absolute atomic E-state index is 0.0213. The van der Waals surface area contributed by atoms with E-state index in [4.69, 9.17) is 4.74 Å². The summed E-state index contributed by atoms with van der Waals surface area (Å²) in [6.45, 7) is 3.72. The number of aromatic nitrogens is 1. The zero-order valence-corrected chi connectivity index (χ0v) is 14.8. The van der Waals surface area contributed by atoms with Crippen LogP contribution in [0, 0.1) is 0 Å². The van der Waals surface area contributed by atoms with E-state index < -0.39 is 0 Å². The van der Waals surface area contributed by atoms with E-state index in [1.165, 1.54) is 11.3 Å². The highest BCUT2D eigenvalue weighted by Crippen LogP contribution is 2.25. The predicted molar refractivity (Wildman–Crippen MR) is 94.1 cm³/mol. The SMILES string of the molecule is COc1ccc(-c2nc(CC(=O)NCC(=O)NC(C)C)cs2)cc1. The maximum atomic E-state index is 11.9. The number of benzene rings is 1. The lowest BCUT2D eigenvalue weighted by Gasteiger charge is -2.08. The van der Waals surface area contributed by atoms with E-state index in [9.17, 15) is 9.59 Å². The summed E-state index contributed by atoms with van der Waals surface area (Å²) in [4.78, 5) is 27.9. The molecule has 2 N–H and O–H groups in total. The van der Waals surface area contributed by atoms with Crippen LogP contribution in [-0.4, -0.2) is 36.5 Å². The fourth-order valence-electron chi connectivity index (χ4n) is 2.03. The molecule has 0 spiro atoms. The van der Waals surface area contributed by atoms with Crippen molar-refractivity contribution in [2.24, 2.45) is 0 Å². The maximum Gasteiger partial charge on any atom is 0.239 e. The van der Waals surface area contributed by atoms with Crippen LogP contribution >= 0.6 is 11.3 Å². The molecule has 2 rings (SSSR count). The molecular weight excluding hydrogens is 326 g/mol. The molecule has 0 bridgehead atoms. The van der Waals surface area contributed by atoms with Crippen LogP contribution in [0.2, 0.25) is 0 Å².